The molecular formula is C12H8F2N4O5S. The SMILES string of the molecule is O=C(O)CC1SC(=NN=Cc2cc([N+](=O)[O-])c(F)cc2F)NC1=O. The van der Waals surface area contributed by atoms with Gasteiger partial charge in [-0.1, -0.05) is 11.8 Å². The third kappa shape index (κ3) is 4.10. The van der Waals surface area contributed by atoms with Crippen molar-refractivity contribution in [1.82, 2.24) is 5.32 Å². The van der Waals surface area contributed by atoms with Crippen LogP contribution in [0, 0.1) is 21.7 Å². The van der Waals surface area contributed by atoms with Crippen molar-refractivity contribution in [1.29, 1.82) is 0 Å². The zero-order chi connectivity index (χ0) is 17.9. The van der Waals surface area contributed by atoms with Gasteiger partial charge < -0.3 is 10.4 Å². The highest BCUT2D eigenvalue weighted by Crippen LogP contribution is 2.23. The van der Waals surface area contributed by atoms with Crippen molar-refractivity contribution in [2.24, 2.45) is 10.2 Å². The molecule has 1 saturated heterocycles. The van der Waals surface area contributed by atoms with E-state index in [-0.39, 0.29) is 10.7 Å². The molecule has 1 fully saturated rings. The molecule has 0 bridgehead atoms. The number of carbonyl (C=O) groups excluding carboxylic acids is 1. The Morgan fingerprint density at radius 3 is 2.79 bits per heavy atom. The molecule has 1 atom stereocenters. The van der Waals surface area contributed by atoms with E-state index < -0.39 is 45.8 Å². The van der Waals surface area contributed by atoms with E-state index in [4.69, 9.17) is 5.11 Å². The number of carboxylic acids is 1. The summed E-state index contributed by atoms with van der Waals surface area (Å²) in [5.41, 5.74) is -1.29. The predicted octanol–water partition coefficient (Wildman–Crippen LogP) is 1.27. The number of hydrogen-bond donors (Lipinski definition) is 2. The van der Waals surface area contributed by atoms with Crippen LogP contribution in [0.4, 0.5) is 14.5 Å². The van der Waals surface area contributed by atoms with Crippen LogP contribution in [-0.2, 0) is 9.59 Å². The molecule has 1 aliphatic heterocycles. The van der Waals surface area contributed by atoms with Crippen molar-refractivity contribution >= 4 is 40.7 Å². The van der Waals surface area contributed by atoms with Crippen molar-refractivity contribution in [3.63, 3.8) is 0 Å². The molecule has 0 spiro atoms. The van der Waals surface area contributed by atoms with Crippen LogP contribution in [0.2, 0.25) is 0 Å². The van der Waals surface area contributed by atoms with E-state index in [0.29, 0.717) is 12.1 Å². The number of nitrogens with one attached hydrogen (secondary N) is 1. The molecule has 1 aromatic rings. The fourth-order valence-electron chi connectivity index (χ4n) is 1.68. The Balaban J connectivity index is 2.15. The number of rotatable bonds is 5. The summed E-state index contributed by atoms with van der Waals surface area (Å²) in [6, 6.07) is 1.00. The Kier molecular flexibility index (Phi) is 5.18. The van der Waals surface area contributed by atoms with Crippen LogP contribution in [0.25, 0.3) is 0 Å². The second-order valence-corrected chi connectivity index (χ2v) is 5.62. The van der Waals surface area contributed by atoms with Crippen LogP contribution in [0.15, 0.2) is 22.3 Å². The van der Waals surface area contributed by atoms with Crippen molar-refractivity contribution < 1.29 is 28.4 Å². The van der Waals surface area contributed by atoms with Crippen molar-refractivity contribution in [3.8, 4) is 0 Å². The predicted molar refractivity (Wildman–Crippen MR) is 79.8 cm³/mol. The molecular weight excluding hydrogens is 350 g/mol. The van der Waals surface area contributed by atoms with Gasteiger partial charge in [0.15, 0.2) is 5.17 Å². The minimum Gasteiger partial charge on any atom is -0.481 e. The standard InChI is InChI=1S/C12H8F2N4O5S/c13-6-2-7(14)8(18(22)23)1-5(6)4-15-17-12-16-11(21)9(24-12)3-10(19)20/h1-2,4,9H,3H2,(H,19,20)(H,16,17,21). The summed E-state index contributed by atoms with van der Waals surface area (Å²) in [5.74, 6) is -4.11. The van der Waals surface area contributed by atoms with Crippen molar-refractivity contribution in [3.05, 3.63) is 39.4 Å². The molecule has 1 unspecified atom stereocenters. The first-order chi connectivity index (χ1) is 11.3. The highest BCUT2D eigenvalue weighted by molar-refractivity contribution is 8.15. The lowest BCUT2D eigenvalue weighted by atomic mass is 10.2. The molecule has 1 aliphatic rings. The summed E-state index contributed by atoms with van der Waals surface area (Å²) in [4.78, 5) is 31.6. The fraction of sp³-hybridized carbons (Fsp3) is 0.167. The second kappa shape index (κ2) is 7.12. The van der Waals surface area contributed by atoms with Crippen LogP contribution >= 0.6 is 11.8 Å². The molecule has 2 N–H and O–H groups in total. The largest absolute Gasteiger partial charge is 0.481 e. The zero-order valence-electron chi connectivity index (χ0n) is 11.6. The number of amidine groups is 1. The first kappa shape index (κ1) is 17.5. The molecule has 24 heavy (non-hydrogen) atoms. The van der Waals surface area contributed by atoms with Crippen LogP contribution in [0.1, 0.15) is 12.0 Å². The third-order valence-corrected chi connectivity index (χ3v) is 3.82. The lowest BCUT2D eigenvalue weighted by Gasteiger charge is -1.98. The number of aliphatic carboxylic acids is 1. The summed E-state index contributed by atoms with van der Waals surface area (Å²) in [7, 11) is 0. The first-order valence-electron chi connectivity index (χ1n) is 6.21. The molecule has 0 radical (unpaired) electrons. The van der Waals surface area contributed by atoms with E-state index in [0.717, 1.165) is 18.0 Å². The van der Waals surface area contributed by atoms with E-state index >= 15 is 0 Å². The number of halogens is 2. The number of amides is 1. The van der Waals surface area contributed by atoms with E-state index in [9.17, 15) is 28.5 Å². The van der Waals surface area contributed by atoms with Crippen molar-refractivity contribution in [2.45, 2.75) is 11.7 Å². The molecule has 1 aromatic carbocycles. The van der Waals surface area contributed by atoms with Gasteiger partial charge in [0.1, 0.15) is 11.1 Å². The van der Waals surface area contributed by atoms with Gasteiger partial charge in [0.25, 0.3) is 0 Å². The fourth-order valence-corrected chi connectivity index (χ4v) is 2.60. The van der Waals surface area contributed by atoms with Crippen LogP contribution in [0.5, 0.6) is 0 Å². The van der Waals surface area contributed by atoms with Gasteiger partial charge in [-0.25, -0.2) is 4.39 Å². The maximum Gasteiger partial charge on any atom is 0.305 e. The molecule has 12 heteroatoms. The highest BCUT2D eigenvalue weighted by Gasteiger charge is 2.32. The van der Waals surface area contributed by atoms with Gasteiger partial charge in [-0.15, -0.1) is 5.10 Å². The molecule has 0 aromatic heterocycles. The maximum absolute atomic E-state index is 13.5. The number of carbonyl (C=O) groups is 2. The third-order valence-electron chi connectivity index (χ3n) is 2.74. The molecule has 9 nitrogen and oxygen atoms in total. The van der Waals surface area contributed by atoms with E-state index in [1.807, 2.05) is 0 Å². The summed E-state index contributed by atoms with van der Waals surface area (Å²) in [6.07, 6.45) is 0.407. The Labute approximate surface area is 136 Å². The number of nitrogens with zero attached hydrogens (tertiary/aromatic N) is 3. The van der Waals surface area contributed by atoms with Crippen LogP contribution < -0.4 is 5.32 Å². The smallest absolute Gasteiger partial charge is 0.305 e. The monoisotopic (exact) mass is 358 g/mol. The summed E-state index contributed by atoms with van der Waals surface area (Å²) >= 11 is 0.830. The zero-order valence-corrected chi connectivity index (χ0v) is 12.4. The lowest BCUT2D eigenvalue weighted by molar-refractivity contribution is -0.387. The number of nitro groups is 1. The van der Waals surface area contributed by atoms with Crippen molar-refractivity contribution in [2.75, 3.05) is 0 Å². The molecule has 0 saturated carbocycles. The average Bonchev–Trinajstić information content (AvgIpc) is 2.80. The summed E-state index contributed by atoms with van der Waals surface area (Å²) in [5, 5.41) is 27.7. The van der Waals surface area contributed by atoms with E-state index in [1.165, 1.54) is 0 Å². The van der Waals surface area contributed by atoms with E-state index in [2.05, 4.69) is 15.5 Å². The average molecular weight is 358 g/mol. The quantitative estimate of drug-likeness (QED) is 0.462. The Morgan fingerprint density at radius 2 is 2.17 bits per heavy atom. The number of carboxylic acid groups (broad SMARTS) is 1. The molecule has 2 rings (SSSR count). The lowest BCUT2D eigenvalue weighted by Crippen LogP contribution is -2.26. The topological polar surface area (TPSA) is 134 Å². The van der Waals surface area contributed by atoms with Gasteiger partial charge in [0.05, 0.1) is 17.6 Å². The maximum atomic E-state index is 13.5. The Bertz CT molecular complexity index is 783. The van der Waals surface area contributed by atoms with Gasteiger partial charge in [0.2, 0.25) is 11.7 Å². The van der Waals surface area contributed by atoms with Gasteiger partial charge >= 0.3 is 11.7 Å². The van der Waals surface area contributed by atoms with Gasteiger partial charge in [0, 0.05) is 17.7 Å². The molecule has 126 valence electrons. The number of benzene rings is 1. The first-order valence-corrected chi connectivity index (χ1v) is 7.09. The minimum absolute atomic E-state index is 0.000445. The van der Waals surface area contributed by atoms with E-state index in [1.54, 1.807) is 0 Å². The summed E-state index contributed by atoms with van der Waals surface area (Å²) in [6.45, 7) is 0. The molecule has 0 aliphatic carbocycles. The Morgan fingerprint density at radius 1 is 1.46 bits per heavy atom. The molecule has 1 heterocycles. The van der Waals surface area contributed by atoms with Gasteiger partial charge in [-0.3, -0.25) is 19.7 Å². The van der Waals surface area contributed by atoms with Gasteiger partial charge in [-0.2, -0.15) is 9.49 Å². The number of thioether (sulfide) groups is 1. The van der Waals surface area contributed by atoms with Crippen LogP contribution in [0.3, 0.4) is 0 Å². The number of hydrogen-bond acceptors (Lipinski definition) is 7. The minimum atomic E-state index is -1.32. The highest BCUT2D eigenvalue weighted by atomic mass is 32.2. The number of nitro benzene ring substituents is 1. The molecule has 1 amide bonds. The summed E-state index contributed by atoms with van der Waals surface area (Å²) < 4.78 is 26.7. The normalized spacial score (nSPS) is 19.0. The Hall–Kier alpha value is -2.89. The van der Waals surface area contributed by atoms with Crippen LogP contribution in [-0.4, -0.2) is 38.5 Å². The van der Waals surface area contributed by atoms with Gasteiger partial charge in [-0.05, 0) is 0 Å². The second-order valence-electron chi connectivity index (χ2n) is 4.43.